The summed E-state index contributed by atoms with van der Waals surface area (Å²) < 4.78 is 13.6. The number of halogens is 1. The number of H-pyrrole nitrogens is 1. The number of anilines is 1. The van der Waals surface area contributed by atoms with Gasteiger partial charge in [0.05, 0.1) is 34.1 Å². The number of fused-ring (bicyclic) bond motifs is 2. The smallest absolute Gasteiger partial charge is 0.263 e. The molecule has 1 aromatic heterocycles. The molecule has 0 bridgehead atoms. The lowest BCUT2D eigenvalue weighted by Gasteiger charge is -2.38. The van der Waals surface area contributed by atoms with E-state index in [-0.39, 0.29) is 23.7 Å². The van der Waals surface area contributed by atoms with Crippen LogP contribution in [0.5, 0.6) is 0 Å². The first-order valence-electron chi connectivity index (χ1n) is 9.70. The molecule has 8 heteroatoms. The van der Waals surface area contributed by atoms with Crippen LogP contribution in [-0.4, -0.2) is 53.1 Å². The van der Waals surface area contributed by atoms with E-state index in [4.69, 9.17) is 0 Å². The normalized spacial score (nSPS) is 19.3. The SMILES string of the molecule is CCN1C(=O)c2cccc(N3CCNCC3c3[nH]nc4cc(F)ccc34)c2C1=O. The Balaban J connectivity index is 1.62. The van der Waals surface area contributed by atoms with Gasteiger partial charge in [0.2, 0.25) is 0 Å². The van der Waals surface area contributed by atoms with E-state index in [9.17, 15) is 14.0 Å². The highest BCUT2D eigenvalue weighted by Crippen LogP contribution is 2.37. The van der Waals surface area contributed by atoms with Crippen molar-refractivity contribution in [3.63, 3.8) is 0 Å². The number of imide groups is 1. The first kappa shape index (κ1) is 17.8. The molecule has 2 N–H and O–H groups in total. The summed E-state index contributed by atoms with van der Waals surface area (Å²) in [4.78, 5) is 29.0. The van der Waals surface area contributed by atoms with E-state index in [0.717, 1.165) is 23.3 Å². The van der Waals surface area contributed by atoms with Gasteiger partial charge >= 0.3 is 0 Å². The molecule has 1 saturated heterocycles. The van der Waals surface area contributed by atoms with E-state index in [0.29, 0.717) is 36.3 Å². The van der Waals surface area contributed by atoms with Gasteiger partial charge < -0.3 is 10.2 Å². The molecule has 2 aliphatic rings. The zero-order chi connectivity index (χ0) is 20.1. The summed E-state index contributed by atoms with van der Waals surface area (Å²) in [5, 5.41) is 11.5. The monoisotopic (exact) mass is 393 g/mol. The molecule has 148 valence electrons. The molecule has 2 aliphatic heterocycles. The summed E-state index contributed by atoms with van der Waals surface area (Å²) in [6, 6.07) is 9.82. The van der Waals surface area contributed by atoms with E-state index in [1.54, 1.807) is 19.1 Å². The largest absolute Gasteiger partial charge is 0.360 e. The summed E-state index contributed by atoms with van der Waals surface area (Å²) >= 11 is 0. The highest BCUT2D eigenvalue weighted by atomic mass is 19.1. The molecule has 1 atom stereocenters. The second-order valence-corrected chi connectivity index (χ2v) is 7.27. The Bertz CT molecular complexity index is 1140. The molecule has 7 nitrogen and oxygen atoms in total. The molecule has 5 rings (SSSR count). The third-order valence-electron chi connectivity index (χ3n) is 5.73. The average molecular weight is 393 g/mol. The quantitative estimate of drug-likeness (QED) is 0.668. The molecule has 3 aromatic rings. The van der Waals surface area contributed by atoms with E-state index in [1.165, 1.54) is 17.0 Å². The van der Waals surface area contributed by atoms with Crippen LogP contribution < -0.4 is 10.2 Å². The number of hydrogen-bond acceptors (Lipinski definition) is 5. The molecule has 1 fully saturated rings. The first-order valence-corrected chi connectivity index (χ1v) is 9.70. The minimum Gasteiger partial charge on any atom is -0.360 e. The second-order valence-electron chi connectivity index (χ2n) is 7.27. The Hall–Kier alpha value is -3.26. The third kappa shape index (κ3) is 2.63. The van der Waals surface area contributed by atoms with Crippen LogP contribution in [0.1, 0.15) is 39.4 Å². The van der Waals surface area contributed by atoms with Crippen molar-refractivity contribution in [2.75, 3.05) is 31.1 Å². The molecule has 0 spiro atoms. The Morgan fingerprint density at radius 3 is 2.90 bits per heavy atom. The van der Waals surface area contributed by atoms with Gasteiger partial charge in [-0.05, 0) is 31.2 Å². The van der Waals surface area contributed by atoms with E-state index in [1.807, 2.05) is 12.1 Å². The van der Waals surface area contributed by atoms with Crippen LogP contribution in [0, 0.1) is 5.82 Å². The number of carbonyl (C=O) groups is 2. The van der Waals surface area contributed by atoms with Gasteiger partial charge in [0.1, 0.15) is 5.82 Å². The fourth-order valence-corrected chi connectivity index (χ4v) is 4.35. The molecule has 2 aromatic carbocycles. The van der Waals surface area contributed by atoms with Gasteiger partial charge in [-0.3, -0.25) is 19.6 Å². The van der Waals surface area contributed by atoms with Crippen LogP contribution in [-0.2, 0) is 0 Å². The summed E-state index contributed by atoms with van der Waals surface area (Å²) in [7, 11) is 0. The van der Waals surface area contributed by atoms with Gasteiger partial charge in [0.25, 0.3) is 11.8 Å². The van der Waals surface area contributed by atoms with Crippen molar-refractivity contribution in [3.8, 4) is 0 Å². The Labute approximate surface area is 166 Å². The number of aromatic amines is 1. The van der Waals surface area contributed by atoms with Gasteiger partial charge in [-0.15, -0.1) is 0 Å². The molecule has 0 aliphatic carbocycles. The summed E-state index contributed by atoms with van der Waals surface area (Å²) in [5.74, 6) is -0.834. The minimum absolute atomic E-state index is 0.135. The van der Waals surface area contributed by atoms with Gasteiger partial charge in [-0.2, -0.15) is 5.10 Å². The predicted octanol–water partition coefficient (Wildman–Crippen LogP) is 2.47. The standard InChI is InChI=1S/C21H20FN5O2/c1-2-26-20(28)14-4-3-5-16(18(14)21(26)29)27-9-8-23-11-17(27)19-13-7-6-12(22)10-15(13)24-25-19/h3-7,10,17,23H,2,8-9,11H2,1H3,(H,24,25). The maximum atomic E-state index is 13.6. The minimum atomic E-state index is -0.334. The number of carbonyl (C=O) groups excluding carboxylic acids is 2. The highest BCUT2D eigenvalue weighted by molar-refractivity contribution is 6.23. The third-order valence-corrected chi connectivity index (χ3v) is 5.73. The summed E-state index contributed by atoms with van der Waals surface area (Å²) in [6.45, 7) is 4.19. The van der Waals surface area contributed by atoms with Crippen LogP contribution in [0.4, 0.5) is 10.1 Å². The molecule has 0 radical (unpaired) electrons. The number of hydrogen-bond donors (Lipinski definition) is 2. The topological polar surface area (TPSA) is 81.3 Å². The highest BCUT2D eigenvalue weighted by Gasteiger charge is 2.39. The lowest BCUT2D eigenvalue weighted by atomic mass is 10.0. The van der Waals surface area contributed by atoms with Crippen LogP contribution in [0.2, 0.25) is 0 Å². The molecule has 29 heavy (non-hydrogen) atoms. The van der Waals surface area contributed by atoms with Crippen molar-refractivity contribution in [1.29, 1.82) is 0 Å². The summed E-state index contributed by atoms with van der Waals surface area (Å²) in [5.41, 5.74) is 3.07. The molecule has 3 heterocycles. The lowest BCUT2D eigenvalue weighted by molar-refractivity contribution is 0.0663. The maximum Gasteiger partial charge on any atom is 0.263 e. The van der Waals surface area contributed by atoms with Crippen molar-refractivity contribution in [3.05, 3.63) is 59.0 Å². The molecule has 1 unspecified atom stereocenters. The van der Waals surface area contributed by atoms with Gasteiger partial charge in [-0.1, -0.05) is 6.07 Å². The zero-order valence-electron chi connectivity index (χ0n) is 15.9. The fourth-order valence-electron chi connectivity index (χ4n) is 4.35. The molecule has 0 saturated carbocycles. The van der Waals surface area contributed by atoms with Crippen LogP contribution in [0.25, 0.3) is 10.9 Å². The number of nitrogens with one attached hydrogen (secondary N) is 2. The van der Waals surface area contributed by atoms with Crippen molar-refractivity contribution in [2.24, 2.45) is 0 Å². The van der Waals surface area contributed by atoms with E-state index < -0.39 is 0 Å². The van der Waals surface area contributed by atoms with Crippen molar-refractivity contribution in [1.82, 2.24) is 20.4 Å². The Kier molecular flexibility index (Phi) is 4.09. The van der Waals surface area contributed by atoms with Gasteiger partial charge in [-0.25, -0.2) is 4.39 Å². The van der Waals surface area contributed by atoms with Crippen molar-refractivity contribution >= 4 is 28.4 Å². The summed E-state index contributed by atoms with van der Waals surface area (Å²) in [6.07, 6.45) is 0. The van der Waals surface area contributed by atoms with Crippen molar-refractivity contribution in [2.45, 2.75) is 13.0 Å². The van der Waals surface area contributed by atoms with Gasteiger partial charge in [0, 0.05) is 37.6 Å². The Morgan fingerprint density at radius 1 is 1.21 bits per heavy atom. The molecular formula is C21H20FN5O2. The Morgan fingerprint density at radius 2 is 2.07 bits per heavy atom. The van der Waals surface area contributed by atoms with Crippen LogP contribution in [0.15, 0.2) is 36.4 Å². The first-order chi connectivity index (χ1) is 14.1. The maximum absolute atomic E-state index is 13.6. The fraction of sp³-hybridized carbons (Fsp3) is 0.286. The van der Waals surface area contributed by atoms with Gasteiger partial charge in [0.15, 0.2) is 0 Å². The molecular weight excluding hydrogens is 373 g/mol. The number of nitrogens with zero attached hydrogens (tertiary/aromatic N) is 3. The average Bonchev–Trinajstić information content (AvgIpc) is 3.26. The predicted molar refractivity (Wildman–Crippen MR) is 106 cm³/mol. The zero-order valence-corrected chi connectivity index (χ0v) is 15.9. The van der Waals surface area contributed by atoms with E-state index in [2.05, 4.69) is 20.4 Å². The lowest BCUT2D eigenvalue weighted by Crippen LogP contribution is -2.47. The number of piperazine rings is 1. The number of rotatable bonds is 3. The number of aromatic nitrogens is 2. The van der Waals surface area contributed by atoms with E-state index >= 15 is 0 Å². The number of amides is 2. The molecule has 2 amide bonds. The second kappa shape index (κ2) is 6.66. The van der Waals surface area contributed by atoms with Crippen LogP contribution >= 0.6 is 0 Å². The van der Waals surface area contributed by atoms with Crippen LogP contribution in [0.3, 0.4) is 0 Å². The number of benzene rings is 2. The van der Waals surface area contributed by atoms with Crippen molar-refractivity contribution < 1.29 is 14.0 Å².